The van der Waals surface area contributed by atoms with Gasteiger partial charge in [0.1, 0.15) is 17.0 Å². The molecule has 0 bridgehead atoms. The fourth-order valence-electron chi connectivity index (χ4n) is 4.11. The zero-order valence-corrected chi connectivity index (χ0v) is 22.9. The summed E-state index contributed by atoms with van der Waals surface area (Å²) in [6.07, 6.45) is 1.64. The second-order valence-electron chi connectivity index (χ2n) is 9.34. The molecule has 5 aromatic rings. The van der Waals surface area contributed by atoms with Gasteiger partial charge in [-0.05, 0) is 73.2 Å². The molecule has 7 nitrogen and oxygen atoms in total. The van der Waals surface area contributed by atoms with Crippen LogP contribution < -0.4 is 16.3 Å². The van der Waals surface area contributed by atoms with Gasteiger partial charge in [-0.2, -0.15) is 0 Å². The molecule has 0 spiro atoms. The molecule has 0 saturated carbocycles. The van der Waals surface area contributed by atoms with Crippen LogP contribution in [0.15, 0.2) is 123 Å². The van der Waals surface area contributed by atoms with E-state index in [0.29, 0.717) is 28.2 Å². The Bertz CT molecular complexity index is 1810. The predicted molar refractivity (Wildman–Crippen MR) is 162 cm³/mol. The summed E-state index contributed by atoms with van der Waals surface area (Å²) in [5.74, 6) is -0.427. The van der Waals surface area contributed by atoms with Crippen molar-refractivity contribution < 1.29 is 19.1 Å². The van der Waals surface area contributed by atoms with Crippen LogP contribution in [0.3, 0.4) is 0 Å². The lowest BCUT2D eigenvalue weighted by Gasteiger charge is -2.12. The van der Waals surface area contributed by atoms with Crippen LogP contribution in [0.4, 0.5) is 5.69 Å². The first kappa shape index (κ1) is 27.5. The summed E-state index contributed by atoms with van der Waals surface area (Å²) in [6, 6.07) is 29.9. The first-order valence-corrected chi connectivity index (χ1v) is 13.8. The zero-order valence-electron chi connectivity index (χ0n) is 22.1. The van der Waals surface area contributed by atoms with Gasteiger partial charge in [-0.3, -0.25) is 9.59 Å². The SMILES string of the molecule is Cc1cccc(/C=C(\NC(=O)c2ccccc2)C(=O)Nc2ccc(SCc3cc4ccc(O)cc4oc3=O)cc2)c1. The minimum Gasteiger partial charge on any atom is -0.508 e. The van der Waals surface area contributed by atoms with E-state index in [2.05, 4.69) is 10.6 Å². The first-order chi connectivity index (χ1) is 19.8. The fourth-order valence-corrected chi connectivity index (χ4v) is 4.96. The lowest BCUT2D eigenvalue weighted by molar-refractivity contribution is -0.113. The maximum absolute atomic E-state index is 13.3. The van der Waals surface area contributed by atoms with Crippen molar-refractivity contribution in [2.24, 2.45) is 0 Å². The smallest absolute Gasteiger partial charge is 0.340 e. The summed E-state index contributed by atoms with van der Waals surface area (Å²) in [4.78, 5) is 39.4. The number of hydrogen-bond donors (Lipinski definition) is 3. The van der Waals surface area contributed by atoms with Gasteiger partial charge in [-0.25, -0.2) is 4.79 Å². The van der Waals surface area contributed by atoms with Crippen molar-refractivity contribution in [1.29, 1.82) is 0 Å². The highest BCUT2D eigenvalue weighted by atomic mass is 32.2. The van der Waals surface area contributed by atoms with Crippen molar-refractivity contribution >= 4 is 46.3 Å². The Kier molecular flexibility index (Phi) is 8.31. The number of aromatic hydroxyl groups is 1. The van der Waals surface area contributed by atoms with Gasteiger partial charge in [-0.15, -0.1) is 11.8 Å². The van der Waals surface area contributed by atoms with Gasteiger partial charge in [0.2, 0.25) is 0 Å². The topological polar surface area (TPSA) is 109 Å². The van der Waals surface area contributed by atoms with E-state index in [9.17, 15) is 19.5 Å². The van der Waals surface area contributed by atoms with Crippen molar-refractivity contribution in [2.75, 3.05) is 5.32 Å². The van der Waals surface area contributed by atoms with Crippen LogP contribution >= 0.6 is 11.8 Å². The number of carbonyl (C=O) groups is 2. The van der Waals surface area contributed by atoms with E-state index in [1.54, 1.807) is 60.7 Å². The van der Waals surface area contributed by atoms with E-state index in [1.165, 1.54) is 17.8 Å². The average Bonchev–Trinajstić information content (AvgIpc) is 2.97. The number of phenolic OH excluding ortho intramolecular Hbond substituents is 1. The number of anilines is 1. The van der Waals surface area contributed by atoms with E-state index in [1.807, 2.05) is 49.4 Å². The molecule has 3 N–H and O–H groups in total. The van der Waals surface area contributed by atoms with Crippen LogP contribution in [0.25, 0.3) is 17.0 Å². The highest BCUT2D eigenvalue weighted by Crippen LogP contribution is 2.26. The Hall–Kier alpha value is -5.08. The molecule has 0 atom stereocenters. The van der Waals surface area contributed by atoms with Crippen LogP contribution in [-0.2, 0) is 10.5 Å². The van der Waals surface area contributed by atoms with Crippen LogP contribution in [-0.4, -0.2) is 16.9 Å². The number of fused-ring (bicyclic) bond motifs is 1. The predicted octanol–water partition coefficient (Wildman–Crippen LogP) is 6.51. The number of carbonyl (C=O) groups excluding carboxylic acids is 2. The number of nitrogens with one attached hydrogen (secondary N) is 2. The number of rotatable bonds is 8. The van der Waals surface area contributed by atoms with E-state index < -0.39 is 11.5 Å². The lowest BCUT2D eigenvalue weighted by Crippen LogP contribution is -2.30. The Balaban J connectivity index is 1.28. The third kappa shape index (κ3) is 7.12. The molecule has 1 aromatic heterocycles. The molecule has 1 heterocycles. The molecule has 0 aliphatic rings. The van der Waals surface area contributed by atoms with Gasteiger partial charge in [0, 0.05) is 38.9 Å². The quantitative estimate of drug-likeness (QED) is 0.113. The molecule has 0 aliphatic heterocycles. The summed E-state index contributed by atoms with van der Waals surface area (Å²) in [7, 11) is 0. The van der Waals surface area contributed by atoms with Crippen LogP contribution in [0.2, 0.25) is 0 Å². The third-order valence-electron chi connectivity index (χ3n) is 6.18. The number of phenols is 1. The van der Waals surface area contributed by atoms with Crippen molar-refractivity contribution in [3.05, 3.63) is 141 Å². The van der Waals surface area contributed by atoms with E-state index in [0.717, 1.165) is 21.4 Å². The molecule has 0 fully saturated rings. The van der Waals surface area contributed by atoms with Crippen LogP contribution in [0.1, 0.15) is 27.0 Å². The van der Waals surface area contributed by atoms with Crippen molar-refractivity contribution in [1.82, 2.24) is 5.32 Å². The van der Waals surface area contributed by atoms with E-state index in [-0.39, 0.29) is 17.4 Å². The van der Waals surface area contributed by atoms with Gasteiger partial charge >= 0.3 is 5.63 Å². The number of aryl methyl sites for hydroxylation is 1. The van der Waals surface area contributed by atoms with E-state index in [4.69, 9.17) is 4.42 Å². The van der Waals surface area contributed by atoms with Crippen LogP contribution in [0, 0.1) is 6.92 Å². The average molecular weight is 563 g/mol. The Morgan fingerprint density at radius 3 is 2.44 bits per heavy atom. The number of amides is 2. The Morgan fingerprint density at radius 1 is 0.902 bits per heavy atom. The molecule has 8 heteroatoms. The molecular formula is C33H26N2O5S. The second-order valence-corrected chi connectivity index (χ2v) is 10.4. The molecule has 41 heavy (non-hydrogen) atoms. The highest BCUT2D eigenvalue weighted by molar-refractivity contribution is 7.98. The van der Waals surface area contributed by atoms with Gasteiger partial charge < -0.3 is 20.2 Å². The summed E-state index contributed by atoms with van der Waals surface area (Å²) < 4.78 is 5.34. The monoisotopic (exact) mass is 562 g/mol. The van der Waals surface area contributed by atoms with Crippen molar-refractivity contribution in [3.63, 3.8) is 0 Å². The molecule has 0 aliphatic carbocycles. The Labute approximate surface area is 240 Å². The van der Waals surface area contributed by atoms with E-state index >= 15 is 0 Å². The standard InChI is InChI=1S/C33H26N2O5S/c1-21-6-5-7-22(16-21)17-29(35-31(37)23-8-3-2-4-9-23)32(38)34-26-11-14-28(15-12-26)41-20-25-18-24-10-13-27(36)19-30(24)40-33(25)39/h2-19,36H,20H2,1H3,(H,34,38)(H,35,37)/b29-17-. The third-order valence-corrected chi connectivity index (χ3v) is 7.24. The van der Waals surface area contributed by atoms with Crippen molar-refractivity contribution in [2.45, 2.75) is 17.6 Å². The minimum absolute atomic E-state index is 0.0336. The molecular weight excluding hydrogens is 536 g/mol. The van der Waals surface area contributed by atoms with Crippen molar-refractivity contribution in [3.8, 4) is 5.75 Å². The molecule has 2 amide bonds. The first-order valence-electron chi connectivity index (χ1n) is 12.8. The summed E-state index contributed by atoms with van der Waals surface area (Å²) in [6.45, 7) is 1.96. The van der Waals surface area contributed by atoms with Gasteiger partial charge in [0.25, 0.3) is 11.8 Å². The summed E-state index contributed by atoms with van der Waals surface area (Å²) in [5, 5.41) is 15.9. The lowest BCUT2D eigenvalue weighted by atomic mass is 10.1. The molecule has 4 aromatic carbocycles. The summed E-state index contributed by atoms with van der Waals surface area (Å²) >= 11 is 1.45. The number of benzene rings is 4. The van der Waals surface area contributed by atoms with Gasteiger partial charge in [-0.1, -0.05) is 48.0 Å². The molecule has 0 saturated heterocycles. The molecule has 204 valence electrons. The molecule has 0 unspecified atom stereocenters. The minimum atomic E-state index is -0.462. The maximum Gasteiger partial charge on any atom is 0.340 e. The number of thioether (sulfide) groups is 1. The maximum atomic E-state index is 13.3. The molecule has 0 radical (unpaired) electrons. The second kappa shape index (κ2) is 12.4. The Morgan fingerprint density at radius 2 is 1.68 bits per heavy atom. The van der Waals surface area contributed by atoms with Crippen LogP contribution in [0.5, 0.6) is 5.75 Å². The normalized spacial score (nSPS) is 11.3. The highest BCUT2D eigenvalue weighted by Gasteiger charge is 2.15. The summed E-state index contributed by atoms with van der Waals surface area (Å²) in [5.41, 5.74) is 3.30. The largest absolute Gasteiger partial charge is 0.508 e. The zero-order chi connectivity index (χ0) is 28.8. The molecule has 5 rings (SSSR count). The fraction of sp³-hybridized carbons (Fsp3) is 0.0606. The van der Waals surface area contributed by atoms with Gasteiger partial charge in [0.15, 0.2) is 0 Å². The number of hydrogen-bond acceptors (Lipinski definition) is 6. The van der Waals surface area contributed by atoms with Gasteiger partial charge in [0.05, 0.1) is 0 Å².